The molecular weight excluding hydrogens is 420 g/mol. The molecule has 0 heterocycles. The number of nitrogens with zero attached hydrogens (tertiary/aromatic N) is 1. The molecule has 5 nitrogen and oxygen atoms in total. The standard InChI is InChI=1S/C22H19BrN2O3/c23-19-11-9-17(10-12-19)15-27-21-8-4-5-18(13-21)14-24-25-22(26)16-28-20-6-2-1-3-7-20/h1-14H,15-16H2,(H,25,26)/b24-14-. The highest BCUT2D eigenvalue weighted by Crippen LogP contribution is 2.16. The smallest absolute Gasteiger partial charge is 0.277 e. The molecule has 0 saturated carbocycles. The summed E-state index contributed by atoms with van der Waals surface area (Å²) in [5.74, 6) is 1.03. The monoisotopic (exact) mass is 438 g/mol. The third-order valence-electron chi connectivity index (χ3n) is 3.69. The van der Waals surface area contributed by atoms with Crippen molar-refractivity contribution in [1.29, 1.82) is 0 Å². The zero-order valence-corrected chi connectivity index (χ0v) is 16.6. The van der Waals surface area contributed by atoms with Gasteiger partial charge in [0.2, 0.25) is 0 Å². The molecule has 1 amide bonds. The number of hydrogen-bond acceptors (Lipinski definition) is 4. The molecule has 0 fully saturated rings. The van der Waals surface area contributed by atoms with Crippen molar-refractivity contribution in [2.45, 2.75) is 6.61 Å². The summed E-state index contributed by atoms with van der Waals surface area (Å²) in [5.41, 5.74) is 4.34. The molecule has 0 aromatic heterocycles. The second-order valence-electron chi connectivity index (χ2n) is 5.88. The van der Waals surface area contributed by atoms with Crippen LogP contribution in [0.3, 0.4) is 0 Å². The molecule has 3 aromatic carbocycles. The largest absolute Gasteiger partial charge is 0.489 e. The quantitative estimate of drug-likeness (QED) is 0.414. The lowest BCUT2D eigenvalue weighted by Gasteiger charge is -2.07. The highest BCUT2D eigenvalue weighted by Gasteiger charge is 2.01. The van der Waals surface area contributed by atoms with Crippen LogP contribution in [0.2, 0.25) is 0 Å². The third-order valence-corrected chi connectivity index (χ3v) is 4.22. The van der Waals surface area contributed by atoms with E-state index in [4.69, 9.17) is 9.47 Å². The van der Waals surface area contributed by atoms with E-state index in [-0.39, 0.29) is 12.5 Å². The Bertz CT molecular complexity index is 928. The van der Waals surface area contributed by atoms with Gasteiger partial charge in [-0.15, -0.1) is 0 Å². The van der Waals surface area contributed by atoms with Crippen molar-refractivity contribution >= 4 is 28.1 Å². The van der Waals surface area contributed by atoms with Crippen molar-refractivity contribution in [2.75, 3.05) is 6.61 Å². The minimum absolute atomic E-state index is 0.0995. The van der Waals surface area contributed by atoms with E-state index in [1.807, 2.05) is 66.7 Å². The van der Waals surface area contributed by atoms with E-state index in [1.165, 1.54) is 0 Å². The first-order valence-corrected chi connectivity index (χ1v) is 9.45. The zero-order chi connectivity index (χ0) is 19.6. The second-order valence-corrected chi connectivity index (χ2v) is 6.80. The van der Waals surface area contributed by atoms with Crippen molar-refractivity contribution in [3.8, 4) is 11.5 Å². The van der Waals surface area contributed by atoms with Gasteiger partial charge >= 0.3 is 0 Å². The van der Waals surface area contributed by atoms with Crippen LogP contribution in [0.25, 0.3) is 0 Å². The Morgan fingerprint density at radius 1 is 0.929 bits per heavy atom. The number of benzene rings is 3. The Labute approximate surface area is 172 Å². The van der Waals surface area contributed by atoms with E-state index in [9.17, 15) is 4.79 Å². The summed E-state index contributed by atoms with van der Waals surface area (Å²) in [6.07, 6.45) is 1.56. The molecule has 1 N–H and O–H groups in total. The highest BCUT2D eigenvalue weighted by molar-refractivity contribution is 9.10. The molecule has 3 rings (SSSR count). The van der Waals surface area contributed by atoms with Crippen LogP contribution < -0.4 is 14.9 Å². The molecule has 0 saturated heterocycles. The number of hydrogen-bond donors (Lipinski definition) is 1. The summed E-state index contributed by atoms with van der Waals surface area (Å²) in [7, 11) is 0. The fourth-order valence-electron chi connectivity index (χ4n) is 2.31. The number of ether oxygens (including phenoxy) is 2. The predicted molar refractivity (Wildman–Crippen MR) is 113 cm³/mol. The van der Waals surface area contributed by atoms with Crippen LogP contribution in [-0.4, -0.2) is 18.7 Å². The average Bonchev–Trinajstić information content (AvgIpc) is 2.73. The van der Waals surface area contributed by atoms with Gasteiger partial charge in [-0.3, -0.25) is 4.79 Å². The molecule has 3 aromatic rings. The van der Waals surface area contributed by atoms with Crippen LogP contribution in [0.15, 0.2) is 88.4 Å². The van der Waals surface area contributed by atoms with Crippen molar-refractivity contribution < 1.29 is 14.3 Å². The van der Waals surface area contributed by atoms with E-state index in [0.29, 0.717) is 12.4 Å². The summed E-state index contributed by atoms with van der Waals surface area (Å²) in [6.45, 7) is 0.374. The molecule has 28 heavy (non-hydrogen) atoms. The van der Waals surface area contributed by atoms with Crippen LogP contribution in [0.1, 0.15) is 11.1 Å². The molecule has 0 atom stereocenters. The molecule has 142 valence electrons. The Morgan fingerprint density at radius 3 is 2.46 bits per heavy atom. The maximum absolute atomic E-state index is 11.8. The normalized spacial score (nSPS) is 10.6. The van der Waals surface area contributed by atoms with Crippen LogP contribution in [0.5, 0.6) is 11.5 Å². The first-order chi connectivity index (χ1) is 13.7. The predicted octanol–water partition coefficient (Wildman–Crippen LogP) is 4.56. The van der Waals surface area contributed by atoms with E-state index in [2.05, 4.69) is 26.5 Å². The van der Waals surface area contributed by atoms with Crippen molar-refractivity contribution in [3.05, 3.63) is 94.5 Å². The van der Waals surface area contributed by atoms with Gasteiger partial charge in [0.15, 0.2) is 6.61 Å². The third kappa shape index (κ3) is 6.55. The molecular formula is C22H19BrN2O3. The van der Waals surface area contributed by atoms with Gasteiger partial charge in [-0.25, -0.2) is 5.43 Å². The van der Waals surface area contributed by atoms with Crippen LogP contribution >= 0.6 is 15.9 Å². The number of carbonyl (C=O) groups is 1. The molecule has 0 unspecified atom stereocenters. The van der Waals surface area contributed by atoms with Gasteiger partial charge in [0.05, 0.1) is 6.21 Å². The number of amides is 1. The Morgan fingerprint density at radius 2 is 1.68 bits per heavy atom. The Hall–Kier alpha value is -3.12. The van der Waals surface area contributed by atoms with Crippen LogP contribution in [0, 0.1) is 0 Å². The van der Waals surface area contributed by atoms with E-state index < -0.39 is 0 Å². The van der Waals surface area contributed by atoms with Crippen molar-refractivity contribution in [2.24, 2.45) is 5.10 Å². The number of halogens is 1. The molecule has 0 aliphatic carbocycles. The van der Waals surface area contributed by atoms with E-state index in [1.54, 1.807) is 18.3 Å². The number of nitrogens with one attached hydrogen (secondary N) is 1. The summed E-state index contributed by atoms with van der Waals surface area (Å²) in [6, 6.07) is 24.6. The molecule has 0 aliphatic rings. The first-order valence-electron chi connectivity index (χ1n) is 8.66. The Kier molecular flexibility index (Phi) is 7.21. The fourth-order valence-corrected chi connectivity index (χ4v) is 2.57. The van der Waals surface area contributed by atoms with Gasteiger partial charge in [0, 0.05) is 4.47 Å². The molecule has 0 bridgehead atoms. The lowest BCUT2D eigenvalue weighted by atomic mass is 10.2. The van der Waals surface area contributed by atoms with Gasteiger partial charge < -0.3 is 9.47 Å². The molecule has 0 spiro atoms. The lowest BCUT2D eigenvalue weighted by molar-refractivity contribution is -0.123. The minimum Gasteiger partial charge on any atom is -0.489 e. The summed E-state index contributed by atoms with van der Waals surface area (Å²) >= 11 is 3.41. The molecule has 6 heteroatoms. The SMILES string of the molecule is O=C(COc1ccccc1)N/N=C\c1cccc(OCc2ccc(Br)cc2)c1. The number of rotatable bonds is 8. The van der Waals surface area contributed by atoms with Crippen molar-refractivity contribution in [3.63, 3.8) is 0 Å². The maximum Gasteiger partial charge on any atom is 0.277 e. The van der Waals surface area contributed by atoms with Gasteiger partial charge in [-0.2, -0.15) is 5.10 Å². The number of carbonyl (C=O) groups excluding carboxylic acids is 1. The summed E-state index contributed by atoms with van der Waals surface area (Å²) < 4.78 is 12.2. The first kappa shape index (κ1) is 19.6. The topological polar surface area (TPSA) is 59.9 Å². The number of para-hydroxylation sites is 1. The van der Waals surface area contributed by atoms with Crippen LogP contribution in [-0.2, 0) is 11.4 Å². The lowest BCUT2D eigenvalue weighted by Crippen LogP contribution is -2.24. The zero-order valence-electron chi connectivity index (χ0n) is 15.0. The fraction of sp³-hybridized carbons (Fsp3) is 0.0909. The van der Waals surface area contributed by atoms with E-state index >= 15 is 0 Å². The number of hydrazone groups is 1. The minimum atomic E-state index is -0.331. The van der Waals surface area contributed by atoms with Gasteiger partial charge in [0.1, 0.15) is 18.1 Å². The maximum atomic E-state index is 11.8. The molecule has 0 aliphatic heterocycles. The Balaban J connectivity index is 1.46. The van der Waals surface area contributed by atoms with E-state index in [0.717, 1.165) is 21.3 Å². The summed E-state index contributed by atoms with van der Waals surface area (Å²) in [5, 5.41) is 3.96. The summed E-state index contributed by atoms with van der Waals surface area (Å²) in [4.78, 5) is 11.8. The van der Waals surface area contributed by atoms with Crippen LogP contribution in [0.4, 0.5) is 0 Å². The van der Waals surface area contributed by atoms with Gasteiger partial charge in [-0.1, -0.05) is 58.4 Å². The van der Waals surface area contributed by atoms with Crippen molar-refractivity contribution in [1.82, 2.24) is 5.43 Å². The average molecular weight is 439 g/mol. The molecule has 0 radical (unpaired) electrons. The van der Waals surface area contributed by atoms with Gasteiger partial charge in [0.25, 0.3) is 5.91 Å². The second kappa shape index (κ2) is 10.3. The highest BCUT2D eigenvalue weighted by atomic mass is 79.9. The van der Waals surface area contributed by atoms with Gasteiger partial charge in [-0.05, 0) is 47.5 Å².